The standard InChI is InChI=1S/C32H36ClN5O3/c1-36(2)31(40)26-9-5-6-10-29(26)37-15-17-38(18-16-37)32(41)28(19-22-11-13-25(33)14-12-22)35-30(39)27-20-23-7-3-4-8-24(23)21-34-27/h3-14,27-28,34H,15-21H2,1-2H3,(H,35,39)/t27-,28+/m0/s1. The number of carbonyl (C=O) groups is 3. The molecule has 0 spiro atoms. The van der Waals surface area contributed by atoms with E-state index in [9.17, 15) is 14.4 Å². The first-order valence-electron chi connectivity index (χ1n) is 14.0. The van der Waals surface area contributed by atoms with Gasteiger partial charge in [-0.3, -0.25) is 14.4 Å². The Morgan fingerprint density at radius 1 is 0.927 bits per heavy atom. The maximum atomic E-state index is 13.9. The largest absolute Gasteiger partial charge is 0.367 e. The number of carbonyl (C=O) groups excluding carboxylic acids is 3. The molecule has 214 valence electrons. The van der Waals surface area contributed by atoms with Gasteiger partial charge in [0.15, 0.2) is 0 Å². The number of halogens is 1. The molecule has 2 atom stereocenters. The minimum Gasteiger partial charge on any atom is -0.367 e. The summed E-state index contributed by atoms with van der Waals surface area (Å²) in [7, 11) is 3.48. The van der Waals surface area contributed by atoms with E-state index >= 15 is 0 Å². The van der Waals surface area contributed by atoms with Crippen molar-refractivity contribution in [3.63, 3.8) is 0 Å². The summed E-state index contributed by atoms with van der Waals surface area (Å²) in [6.07, 6.45) is 0.943. The van der Waals surface area contributed by atoms with Crippen molar-refractivity contribution in [3.05, 3.63) is 100 Å². The highest BCUT2D eigenvalue weighted by molar-refractivity contribution is 6.30. The molecule has 3 aromatic rings. The molecule has 0 unspecified atom stereocenters. The van der Waals surface area contributed by atoms with Crippen molar-refractivity contribution in [3.8, 4) is 0 Å². The zero-order valence-electron chi connectivity index (χ0n) is 23.5. The molecule has 1 saturated heterocycles. The second-order valence-corrected chi connectivity index (χ2v) is 11.3. The minimum absolute atomic E-state index is 0.0520. The summed E-state index contributed by atoms with van der Waals surface area (Å²) in [6, 6.07) is 21.9. The first-order chi connectivity index (χ1) is 19.8. The SMILES string of the molecule is CN(C)C(=O)c1ccccc1N1CCN(C(=O)[C@@H](Cc2ccc(Cl)cc2)NC(=O)[C@@H]2Cc3ccccc3CN2)CC1. The number of amides is 3. The topological polar surface area (TPSA) is 85.0 Å². The third-order valence-corrected chi connectivity index (χ3v) is 8.09. The average Bonchev–Trinajstić information content (AvgIpc) is 3.00. The molecule has 3 amide bonds. The van der Waals surface area contributed by atoms with Crippen LogP contribution >= 0.6 is 11.6 Å². The molecule has 9 heteroatoms. The third kappa shape index (κ3) is 6.72. The van der Waals surface area contributed by atoms with Gasteiger partial charge in [-0.25, -0.2) is 0 Å². The first kappa shape index (κ1) is 28.6. The number of piperazine rings is 1. The summed E-state index contributed by atoms with van der Waals surface area (Å²) in [5.74, 6) is -0.341. The lowest BCUT2D eigenvalue weighted by Gasteiger charge is -2.38. The molecule has 2 aliphatic rings. The highest BCUT2D eigenvalue weighted by Crippen LogP contribution is 2.24. The van der Waals surface area contributed by atoms with Gasteiger partial charge >= 0.3 is 0 Å². The normalized spacial score (nSPS) is 17.4. The Balaban J connectivity index is 1.28. The van der Waals surface area contributed by atoms with Crippen LogP contribution in [0, 0.1) is 0 Å². The third-order valence-electron chi connectivity index (χ3n) is 7.84. The molecule has 0 saturated carbocycles. The highest BCUT2D eigenvalue weighted by atomic mass is 35.5. The van der Waals surface area contributed by atoms with Crippen LogP contribution < -0.4 is 15.5 Å². The van der Waals surface area contributed by atoms with Crippen molar-refractivity contribution in [2.24, 2.45) is 0 Å². The van der Waals surface area contributed by atoms with Crippen LogP contribution in [0.25, 0.3) is 0 Å². The van der Waals surface area contributed by atoms with Crippen LogP contribution in [-0.2, 0) is 29.0 Å². The first-order valence-corrected chi connectivity index (χ1v) is 14.4. The van der Waals surface area contributed by atoms with Crippen molar-refractivity contribution in [2.45, 2.75) is 31.5 Å². The van der Waals surface area contributed by atoms with E-state index in [1.54, 1.807) is 31.1 Å². The predicted molar refractivity (Wildman–Crippen MR) is 161 cm³/mol. The van der Waals surface area contributed by atoms with E-state index in [-0.39, 0.29) is 17.7 Å². The van der Waals surface area contributed by atoms with Gasteiger partial charge in [-0.2, -0.15) is 0 Å². The number of nitrogens with zero attached hydrogens (tertiary/aromatic N) is 3. The van der Waals surface area contributed by atoms with E-state index in [4.69, 9.17) is 11.6 Å². The van der Waals surface area contributed by atoms with E-state index in [1.165, 1.54) is 5.56 Å². The van der Waals surface area contributed by atoms with E-state index in [1.807, 2.05) is 53.4 Å². The van der Waals surface area contributed by atoms with Crippen LogP contribution in [-0.4, -0.2) is 79.9 Å². The van der Waals surface area contributed by atoms with Crippen LogP contribution in [0.4, 0.5) is 5.69 Å². The number of hydrogen-bond acceptors (Lipinski definition) is 5. The lowest BCUT2D eigenvalue weighted by Crippen LogP contribution is -2.58. The highest BCUT2D eigenvalue weighted by Gasteiger charge is 2.32. The van der Waals surface area contributed by atoms with Crippen molar-refractivity contribution in [1.29, 1.82) is 0 Å². The van der Waals surface area contributed by atoms with Gasteiger partial charge in [0.2, 0.25) is 11.8 Å². The van der Waals surface area contributed by atoms with Gasteiger partial charge in [0.25, 0.3) is 5.91 Å². The van der Waals surface area contributed by atoms with Crippen LogP contribution in [0.1, 0.15) is 27.0 Å². The van der Waals surface area contributed by atoms with Gasteiger partial charge in [0.05, 0.1) is 11.6 Å². The summed E-state index contributed by atoms with van der Waals surface area (Å²) < 4.78 is 0. The number of fused-ring (bicyclic) bond motifs is 1. The molecule has 2 aliphatic heterocycles. The van der Waals surface area contributed by atoms with Gasteiger partial charge in [-0.05, 0) is 47.4 Å². The molecule has 0 bridgehead atoms. The molecule has 41 heavy (non-hydrogen) atoms. The van der Waals surface area contributed by atoms with E-state index in [0.29, 0.717) is 56.2 Å². The summed E-state index contributed by atoms with van der Waals surface area (Å²) >= 11 is 6.09. The molecule has 3 aromatic carbocycles. The molecule has 1 fully saturated rings. The lowest BCUT2D eigenvalue weighted by atomic mass is 9.95. The Morgan fingerprint density at radius 3 is 2.29 bits per heavy atom. The molecular formula is C32H36ClN5O3. The van der Waals surface area contributed by atoms with Crippen molar-refractivity contribution < 1.29 is 14.4 Å². The fourth-order valence-electron chi connectivity index (χ4n) is 5.53. The predicted octanol–water partition coefficient (Wildman–Crippen LogP) is 3.13. The van der Waals surface area contributed by atoms with Gasteiger partial charge in [-0.1, -0.05) is 60.1 Å². The Morgan fingerprint density at radius 2 is 1.59 bits per heavy atom. The number of benzene rings is 3. The van der Waals surface area contributed by atoms with Crippen LogP contribution in [0.15, 0.2) is 72.8 Å². The summed E-state index contributed by atoms with van der Waals surface area (Å²) in [6.45, 7) is 2.78. The maximum absolute atomic E-state index is 13.9. The van der Waals surface area contributed by atoms with E-state index in [2.05, 4.69) is 27.7 Å². The fraction of sp³-hybridized carbons (Fsp3) is 0.344. The Kier molecular flexibility index (Phi) is 8.90. The number of anilines is 1. The van der Waals surface area contributed by atoms with Crippen LogP contribution in [0.5, 0.6) is 0 Å². The molecule has 5 rings (SSSR count). The van der Waals surface area contributed by atoms with Crippen LogP contribution in [0.3, 0.4) is 0 Å². The van der Waals surface area contributed by atoms with Gasteiger partial charge < -0.3 is 25.3 Å². The molecule has 2 N–H and O–H groups in total. The van der Waals surface area contributed by atoms with Gasteiger partial charge in [0.1, 0.15) is 6.04 Å². The monoisotopic (exact) mass is 573 g/mol. The molecule has 0 aliphatic carbocycles. The Labute approximate surface area is 246 Å². The number of rotatable bonds is 7. The van der Waals surface area contributed by atoms with Gasteiger partial charge in [-0.15, -0.1) is 0 Å². The smallest absolute Gasteiger partial charge is 0.255 e. The molecule has 2 heterocycles. The van der Waals surface area contributed by atoms with Crippen LogP contribution in [0.2, 0.25) is 5.02 Å². The molecule has 8 nitrogen and oxygen atoms in total. The summed E-state index contributed by atoms with van der Waals surface area (Å²) in [4.78, 5) is 45.6. The number of para-hydroxylation sites is 1. The van der Waals surface area contributed by atoms with Crippen molar-refractivity contribution in [1.82, 2.24) is 20.4 Å². The zero-order valence-corrected chi connectivity index (χ0v) is 24.2. The minimum atomic E-state index is -0.711. The average molecular weight is 574 g/mol. The number of hydrogen-bond donors (Lipinski definition) is 2. The van der Waals surface area contributed by atoms with E-state index in [0.717, 1.165) is 16.8 Å². The second-order valence-electron chi connectivity index (χ2n) is 10.8. The Bertz CT molecular complexity index is 1400. The fourth-order valence-corrected chi connectivity index (χ4v) is 5.65. The quantitative estimate of drug-likeness (QED) is 0.454. The lowest BCUT2D eigenvalue weighted by molar-refractivity contribution is -0.137. The maximum Gasteiger partial charge on any atom is 0.255 e. The molecule has 0 radical (unpaired) electrons. The van der Waals surface area contributed by atoms with Gasteiger partial charge in [0, 0.05) is 63.9 Å². The van der Waals surface area contributed by atoms with Crippen molar-refractivity contribution in [2.75, 3.05) is 45.2 Å². The number of nitrogens with one attached hydrogen (secondary N) is 2. The molecular weight excluding hydrogens is 538 g/mol. The zero-order chi connectivity index (χ0) is 28.9. The second kappa shape index (κ2) is 12.7. The van der Waals surface area contributed by atoms with E-state index < -0.39 is 12.1 Å². The molecule has 0 aromatic heterocycles. The van der Waals surface area contributed by atoms with Crippen molar-refractivity contribution >= 4 is 35.0 Å². The summed E-state index contributed by atoms with van der Waals surface area (Å²) in [5, 5.41) is 7.01. The Hall–Kier alpha value is -3.88. The summed E-state index contributed by atoms with van der Waals surface area (Å²) in [5.41, 5.74) is 4.78.